The Morgan fingerprint density at radius 2 is 1.74 bits per heavy atom. The molecule has 1 heteroatoms. The molecule has 4 aliphatic carbocycles. The number of rotatable bonds is 1. The van der Waals surface area contributed by atoms with Crippen LogP contribution in [0.25, 0.3) is 0 Å². The zero-order valence-corrected chi connectivity index (χ0v) is 15.7. The molecule has 0 heterocycles. The molecule has 0 amide bonds. The van der Waals surface area contributed by atoms with Crippen LogP contribution in [-0.4, -0.2) is 5.78 Å². The molecule has 0 spiro atoms. The molecule has 0 bridgehead atoms. The summed E-state index contributed by atoms with van der Waals surface area (Å²) in [4.78, 5) is 12.3. The number of hydrogen-bond donors (Lipinski definition) is 0. The Hall–Kier alpha value is -0.330. The van der Waals surface area contributed by atoms with Crippen LogP contribution in [0.2, 0.25) is 0 Å². The normalized spacial score (nSPS) is 55.7. The topological polar surface area (TPSA) is 17.1 Å². The maximum absolute atomic E-state index is 12.3. The molecule has 0 aromatic carbocycles. The molecule has 0 saturated heterocycles. The monoisotopic (exact) mass is 316 g/mol. The first-order valence-electron chi connectivity index (χ1n) is 10.4. The minimum Gasteiger partial charge on any atom is -0.300 e. The minimum absolute atomic E-state index is 0.310. The lowest BCUT2D eigenvalue weighted by Crippen LogP contribution is -2.53. The van der Waals surface area contributed by atoms with Crippen molar-refractivity contribution in [3.05, 3.63) is 0 Å². The van der Waals surface area contributed by atoms with Gasteiger partial charge in [0.05, 0.1) is 0 Å². The van der Waals surface area contributed by atoms with Crippen LogP contribution >= 0.6 is 0 Å². The lowest BCUT2D eigenvalue weighted by Gasteiger charge is -2.61. The average molecular weight is 317 g/mol. The Bertz CT molecular complexity index is 496. The number of hydrogen-bond acceptors (Lipinski definition) is 1. The van der Waals surface area contributed by atoms with Crippen LogP contribution in [0, 0.1) is 46.3 Å². The molecule has 4 rings (SSSR count). The van der Waals surface area contributed by atoms with Crippen LogP contribution in [0.5, 0.6) is 0 Å². The van der Waals surface area contributed by atoms with Crippen LogP contribution < -0.4 is 0 Å². The van der Waals surface area contributed by atoms with E-state index in [1.165, 1.54) is 57.8 Å². The molecule has 130 valence electrons. The molecule has 4 aliphatic rings. The van der Waals surface area contributed by atoms with Gasteiger partial charge in [0, 0.05) is 5.92 Å². The molecular weight excluding hydrogens is 280 g/mol. The lowest BCUT2D eigenvalue weighted by molar-refractivity contribution is -0.135. The van der Waals surface area contributed by atoms with Crippen LogP contribution in [0.3, 0.4) is 0 Å². The van der Waals surface area contributed by atoms with E-state index in [0.29, 0.717) is 22.5 Å². The van der Waals surface area contributed by atoms with Crippen LogP contribution in [-0.2, 0) is 4.79 Å². The molecule has 2 unspecified atom stereocenters. The molecule has 0 aliphatic heterocycles. The SMILES string of the molecule is CC(=O)[C@H]1CC(C)[C@H]2[C@@H]3CCC4CCCC[C@]4(C)[C@H]3CC[C@]12C. The maximum Gasteiger partial charge on any atom is 0.133 e. The highest BCUT2D eigenvalue weighted by Gasteiger charge is 2.62. The van der Waals surface area contributed by atoms with Gasteiger partial charge in [0.1, 0.15) is 5.78 Å². The largest absolute Gasteiger partial charge is 0.300 e. The van der Waals surface area contributed by atoms with E-state index in [4.69, 9.17) is 0 Å². The van der Waals surface area contributed by atoms with Gasteiger partial charge in [-0.05, 0) is 92.3 Å². The van der Waals surface area contributed by atoms with E-state index < -0.39 is 0 Å². The van der Waals surface area contributed by atoms with Crippen molar-refractivity contribution in [2.75, 3.05) is 0 Å². The van der Waals surface area contributed by atoms with E-state index in [0.717, 1.165) is 29.6 Å². The second-order valence-corrected chi connectivity index (χ2v) is 10.2. The number of carbonyl (C=O) groups is 1. The van der Waals surface area contributed by atoms with E-state index in [-0.39, 0.29) is 0 Å². The van der Waals surface area contributed by atoms with E-state index in [1.807, 2.05) is 6.92 Å². The fourth-order valence-electron chi connectivity index (χ4n) is 8.47. The van der Waals surface area contributed by atoms with Gasteiger partial charge in [-0.15, -0.1) is 0 Å². The minimum atomic E-state index is 0.310. The zero-order valence-electron chi connectivity index (χ0n) is 15.7. The summed E-state index contributed by atoms with van der Waals surface area (Å²) in [5, 5.41) is 0. The molecule has 0 aromatic heterocycles. The molecule has 0 radical (unpaired) electrons. The third-order valence-corrected chi connectivity index (χ3v) is 9.39. The quantitative estimate of drug-likeness (QED) is 0.591. The molecule has 1 nitrogen and oxygen atoms in total. The summed E-state index contributed by atoms with van der Waals surface area (Å²) in [6, 6.07) is 0. The van der Waals surface area contributed by atoms with E-state index in [2.05, 4.69) is 20.8 Å². The maximum atomic E-state index is 12.3. The smallest absolute Gasteiger partial charge is 0.133 e. The highest BCUT2D eigenvalue weighted by atomic mass is 16.1. The molecule has 8 atom stereocenters. The molecular formula is C22H36O. The van der Waals surface area contributed by atoms with Crippen molar-refractivity contribution in [3.8, 4) is 0 Å². The van der Waals surface area contributed by atoms with E-state index >= 15 is 0 Å². The highest BCUT2D eigenvalue weighted by Crippen LogP contribution is 2.68. The van der Waals surface area contributed by atoms with Gasteiger partial charge < -0.3 is 0 Å². The Morgan fingerprint density at radius 1 is 0.957 bits per heavy atom. The van der Waals surface area contributed by atoms with Crippen LogP contribution in [0.15, 0.2) is 0 Å². The van der Waals surface area contributed by atoms with Crippen molar-refractivity contribution in [1.29, 1.82) is 0 Å². The molecule has 23 heavy (non-hydrogen) atoms. The van der Waals surface area contributed by atoms with Crippen molar-refractivity contribution in [1.82, 2.24) is 0 Å². The van der Waals surface area contributed by atoms with Crippen molar-refractivity contribution in [2.45, 2.75) is 85.5 Å². The first-order chi connectivity index (χ1) is 10.9. The second kappa shape index (κ2) is 5.33. The number of fused-ring (bicyclic) bond motifs is 5. The van der Waals surface area contributed by atoms with E-state index in [1.54, 1.807) is 0 Å². The molecule has 0 N–H and O–H groups in total. The first-order valence-corrected chi connectivity index (χ1v) is 10.4. The van der Waals surface area contributed by atoms with Crippen molar-refractivity contribution in [2.24, 2.45) is 46.3 Å². The van der Waals surface area contributed by atoms with E-state index in [9.17, 15) is 4.79 Å². The van der Waals surface area contributed by atoms with Crippen molar-refractivity contribution < 1.29 is 4.79 Å². The fourth-order valence-corrected chi connectivity index (χ4v) is 8.47. The molecule has 0 aromatic rings. The summed E-state index contributed by atoms with van der Waals surface area (Å²) in [5.41, 5.74) is 0.931. The summed E-state index contributed by atoms with van der Waals surface area (Å²) >= 11 is 0. The van der Waals surface area contributed by atoms with Crippen LogP contribution in [0.4, 0.5) is 0 Å². The number of Topliss-reactive ketones (excluding diaryl/α,β-unsaturated/α-hetero) is 1. The Labute approximate surface area is 143 Å². The lowest BCUT2D eigenvalue weighted by atomic mass is 9.44. The number of carbonyl (C=O) groups excluding carboxylic acids is 1. The third kappa shape index (κ3) is 2.13. The predicted molar refractivity (Wildman–Crippen MR) is 95.1 cm³/mol. The highest BCUT2D eigenvalue weighted by molar-refractivity contribution is 5.79. The van der Waals surface area contributed by atoms with Gasteiger partial charge in [-0.2, -0.15) is 0 Å². The summed E-state index contributed by atoms with van der Waals surface area (Å²) in [5.74, 6) is 5.25. The Kier molecular flexibility index (Phi) is 3.75. The second-order valence-electron chi connectivity index (χ2n) is 10.2. The van der Waals surface area contributed by atoms with Gasteiger partial charge >= 0.3 is 0 Å². The predicted octanol–water partition coefficient (Wildman–Crippen LogP) is 5.87. The van der Waals surface area contributed by atoms with Gasteiger partial charge in [-0.1, -0.05) is 33.6 Å². The van der Waals surface area contributed by atoms with Crippen molar-refractivity contribution in [3.63, 3.8) is 0 Å². The summed E-state index contributed by atoms with van der Waals surface area (Å²) in [6.45, 7) is 9.46. The van der Waals surface area contributed by atoms with Crippen LogP contribution in [0.1, 0.15) is 85.5 Å². The fraction of sp³-hybridized carbons (Fsp3) is 0.955. The Morgan fingerprint density at radius 3 is 2.48 bits per heavy atom. The van der Waals surface area contributed by atoms with Gasteiger partial charge in [0.2, 0.25) is 0 Å². The summed E-state index contributed by atoms with van der Waals surface area (Å²) in [7, 11) is 0. The van der Waals surface area contributed by atoms with Gasteiger partial charge in [-0.3, -0.25) is 4.79 Å². The van der Waals surface area contributed by atoms with Gasteiger partial charge in [0.15, 0.2) is 0 Å². The average Bonchev–Trinajstić information content (AvgIpc) is 2.78. The number of ketones is 1. The summed E-state index contributed by atoms with van der Waals surface area (Å²) in [6.07, 6.45) is 12.7. The van der Waals surface area contributed by atoms with Gasteiger partial charge in [0.25, 0.3) is 0 Å². The van der Waals surface area contributed by atoms with Crippen molar-refractivity contribution >= 4 is 5.78 Å². The third-order valence-electron chi connectivity index (χ3n) is 9.39. The first kappa shape index (κ1) is 16.2. The molecule has 4 fully saturated rings. The zero-order chi connectivity index (χ0) is 16.4. The summed E-state index contributed by atoms with van der Waals surface area (Å²) < 4.78 is 0. The molecule has 4 saturated carbocycles. The standard InChI is InChI=1S/C22H36O/c1-14-13-19(15(2)23)22(4)12-10-18-17(20(14)22)9-8-16-7-5-6-11-21(16,18)3/h14,16-20H,5-13H2,1-4H3/t14?,16?,17-,18+,19-,20+,21+,22-/m1/s1. The Balaban J connectivity index is 1.67. The van der Waals surface area contributed by atoms with Gasteiger partial charge in [-0.25, -0.2) is 0 Å².